The number of aromatic nitrogens is 4. The van der Waals surface area contributed by atoms with Gasteiger partial charge in [-0.25, -0.2) is 15.1 Å². The molecule has 6 N–H and O–H groups in total. The lowest BCUT2D eigenvalue weighted by Gasteiger charge is -2.11. The fourth-order valence-corrected chi connectivity index (χ4v) is 3.79. The van der Waals surface area contributed by atoms with Crippen LogP contribution < -0.4 is 21.7 Å². The fraction of sp³-hybridized carbons (Fsp3) is 0.333. The van der Waals surface area contributed by atoms with Gasteiger partial charge >= 0.3 is 0 Å². The molecule has 0 aliphatic carbocycles. The number of ether oxygens (including phenoxy) is 1. The largest absolute Gasteiger partial charge is 0.491 e. The third-order valence-corrected chi connectivity index (χ3v) is 5.58. The average molecular weight is 480 g/mol. The molecule has 184 valence electrons. The van der Waals surface area contributed by atoms with E-state index in [1.807, 2.05) is 37.3 Å². The van der Waals surface area contributed by atoms with Gasteiger partial charge in [-0.15, -0.1) is 0 Å². The van der Waals surface area contributed by atoms with E-state index in [2.05, 4.69) is 15.1 Å². The normalized spacial score (nSPS) is 11.1. The quantitative estimate of drug-likeness (QED) is 0.109. The molecule has 3 heterocycles. The van der Waals surface area contributed by atoms with Gasteiger partial charge in [0.25, 0.3) is 0 Å². The van der Waals surface area contributed by atoms with Crippen LogP contribution in [0.2, 0.25) is 0 Å². The maximum absolute atomic E-state index is 11.0. The Kier molecular flexibility index (Phi) is 7.46. The van der Waals surface area contributed by atoms with Gasteiger partial charge in [-0.05, 0) is 49.6 Å². The third-order valence-electron chi connectivity index (χ3n) is 5.58. The predicted octanol–water partition coefficient (Wildman–Crippen LogP) is 3.44. The Morgan fingerprint density at radius 3 is 2.74 bits per heavy atom. The van der Waals surface area contributed by atoms with Crippen molar-refractivity contribution in [2.75, 3.05) is 18.1 Å². The number of aryl methyl sites for hydroxylation is 1. The van der Waals surface area contributed by atoms with E-state index in [-0.39, 0.29) is 11.9 Å². The Morgan fingerprint density at radius 1 is 1.14 bits per heavy atom. The lowest BCUT2D eigenvalue weighted by molar-refractivity contribution is -0.129. The molecule has 0 saturated carbocycles. The molecule has 0 bridgehead atoms. The summed E-state index contributed by atoms with van der Waals surface area (Å²) in [6.07, 6.45) is 5.37. The molecule has 0 atom stereocenters. The number of nitrogen functional groups attached to an aromatic ring is 2. The average Bonchev–Trinajstić information content (AvgIpc) is 3.45. The van der Waals surface area contributed by atoms with Crippen molar-refractivity contribution < 1.29 is 19.2 Å². The van der Waals surface area contributed by atoms with Crippen molar-refractivity contribution in [2.45, 2.75) is 45.6 Å². The van der Waals surface area contributed by atoms with Gasteiger partial charge in [-0.1, -0.05) is 18.9 Å². The van der Waals surface area contributed by atoms with Gasteiger partial charge in [0.2, 0.25) is 11.9 Å². The Balaban J connectivity index is 1.42. The summed E-state index contributed by atoms with van der Waals surface area (Å²) in [5.74, 6) is 1.78. The third kappa shape index (κ3) is 5.87. The van der Waals surface area contributed by atoms with Gasteiger partial charge < -0.3 is 20.6 Å². The van der Waals surface area contributed by atoms with Crippen LogP contribution in [0.4, 0.5) is 11.6 Å². The van der Waals surface area contributed by atoms with E-state index in [9.17, 15) is 4.79 Å². The highest BCUT2D eigenvalue weighted by molar-refractivity contribution is 5.89. The molecule has 0 unspecified atom stereocenters. The number of rotatable bonds is 11. The summed E-state index contributed by atoms with van der Waals surface area (Å²) in [7, 11) is 0. The van der Waals surface area contributed by atoms with E-state index in [0.717, 1.165) is 42.4 Å². The first-order valence-corrected chi connectivity index (χ1v) is 11.4. The van der Waals surface area contributed by atoms with Crippen LogP contribution in [0.25, 0.3) is 22.5 Å². The summed E-state index contributed by atoms with van der Waals surface area (Å²) < 4.78 is 13.4. The number of furan rings is 1. The van der Waals surface area contributed by atoms with Crippen LogP contribution in [0.1, 0.15) is 43.4 Å². The number of carbonyl (C=O) groups excluding carboxylic acids is 1. The highest BCUT2D eigenvalue weighted by atomic mass is 16.5. The number of fused-ring (bicyclic) bond motifs is 1. The molecule has 0 spiro atoms. The van der Waals surface area contributed by atoms with Gasteiger partial charge in [0, 0.05) is 6.42 Å². The van der Waals surface area contributed by atoms with Crippen molar-refractivity contribution in [3.05, 3.63) is 47.9 Å². The first-order valence-electron chi connectivity index (χ1n) is 11.4. The number of anilines is 2. The second kappa shape index (κ2) is 10.9. The SMILES string of the molecule is Cc1ccc(-c2nc(N)nc3c2cnn3Cc2ccc(N)c(OCCCCCCC(=O)NO)c2)o1. The zero-order valence-corrected chi connectivity index (χ0v) is 19.5. The Bertz CT molecular complexity index is 1310. The fourth-order valence-electron chi connectivity index (χ4n) is 3.79. The van der Waals surface area contributed by atoms with Gasteiger partial charge in [0.15, 0.2) is 11.4 Å². The molecule has 0 aliphatic rings. The van der Waals surface area contributed by atoms with Crippen LogP contribution in [-0.4, -0.2) is 37.5 Å². The molecular formula is C24H29N7O4. The van der Waals surface area contributed by atoms with Gasteiger partial charge in [-0.2, -0.15) is 10.1 Å². The van der Waals surface area contributed by atoms with Crippen molar-refractivity contribution in [3.8, 4) is 17.2 Å². The number of benzene rings is 1. The highest BCUT2D eigenvalue weighted by Crippen LogP contribution is 2.29. The number of nitrogens with two attached hydrogens (primary N) is 2. The van der Waals surface area contributed by atoms with E-state index >= 15 is 0 Å². The predicted molar refractivity (Wildman–Crippen MR) is 131 cm³/mol. The molecule has 4 aromatic rings. The summed E-state index contributed by atoms with van der Waals surface area (Å²) in [5.41, 5.74) is 16.4. The monoisotopic (exact) mass is 479 g/mol. The zero-order chi connectivity index (χ0) is 24.8. The summed E-state index contributed by atoms with van der Waals surface area (Å²) in [4.78, 5) is 19.8. The van der Waals surface area contributed by atoms with Crippen molar-refractivity contribution in [1.82, 2.24) is 25.2 Å². The minimum Gasteiger partial charge on any atom is -0.491 e. The first-order chi connectivity index (χ1) is 16.9. The van der Waals surface area contributed by atoms with E-state index in [1.165, 1.54) is 0 Å². The van der Waals surface area contributed by atoms with Crippen molar-refractivity contribution in [1.29, 1.82) is 0 Å². The minimum absolute atomic E-state index is 0.140. The summed E-state index contributed by atoms with van der Waals surface area (Å²) in [5, 5.41) is 13.7. The Morgan fingerprint density at radius 2 is 1.97 bits per heavy atom. The number of hydrogen-bond donors (Lipinski definition) is 4. The molecule has 35 heavy (non-hydrogen) atoms. The van der Waals surface area contributed by atoms with Crippen LogP contribution in [-0.2, 0) is 11.3 Å². The first kappa shape index (κ1) is 24.0. The van der Waals surface area contributed by atoms with E-state index in [0.29, 0.717) is 48.1 Å². The highest BCUT2D eigenvalue weighted by Gasteiger charge is 2.16. The number of carbonyl (C=O) groups is 1. The number of amides is 1. The Labute approximate surface area is 202 Å². The molecule has 0 radical (unpaired) electrons. The van der Waals surface area contributed by atoms with Crippen molar-refractivity contribution in [2.24, 2.45) is 0 Å². The van der Waals surface area contributed by atoms with Crippen LogP contribution in [0.3, 0.4) is 0 Å². The van der Waals surface area contributed by atoms with Crippen LogP contribution in [0, 0.1) is 6.92 Å². The number of unbranched alkanes of at least 4 members (excludes halogenated alkanes) is 3. The van der Waals surface area contributed by atoms with Crippen LogP contribution in [0.5, 0.6) is 5.75 Å². The van der Waals surface area contributed by atoms with Crippen LogP contribution in [0.15, 0.2) is 40.9 Å². The zero-order valence-electron chi connectivity index (χ0n) is 19.5. The Hall–Kier alpha value is -4.12. The molecule has 3 aromatic heterocycles. The van der Waals surface area contributed by atoms with Crippen molar-refractivity contribution >= 4 is 28.6 Å². The van der Waals surface area contributed by atoms with Gasteiger partial charge in [0.05, 0.1) is 30.4 Å². The summed E-state index contributed by atoms with van der Waals surface area (Å²) in [6, 6.07) is 9.35. The molecule has 1 aromatic carbocycles. The van der Waals surface area contributed by atoms with Crippen molar-refractivity contribution in [3.63, 3.8) is 0 Å². The topological polar surface area (TPSA) is 167 Å². The summed E-state index contributed by atoms with van der Waals surface area (Å²) >= 11 is 0. The molecule has 1 amide bonds. The maximum atomic E-state index is 11.0. The van der Waals surface area contributed by atoms with Crippen LogP contribution >= 0.6 is 0 Å². The standard InChI is InChI=1S/C24H29N7O4/c1-15-7-10-19(35-15)22-17-13-27-31(23(17)29-24(26)28-22)14-16-8-9-18(25)20(12-16)34-11-5-3-2-4-6-21(32)30-33/h7-10,12-13,33H,2-6,11,14,25H2,1H3,(H,30,32)(H2,26,28,29). The lowest BCUT2D eigenvalue weighted by Crippen LogP contribution is -2.17. The number of nitrogens with one attached hydrogen (secondary N) is 1. The summed E-state index contributed by atoms with van der Waals surface area (Å²) in [6.45, 7) is 2.83. The molecule has 0 fully saturated rings. The molecular weight excluding hydrogens is 450 g/mol. The second-order valence-corrected chi connectivity index (χ2v) is 8.30. The lowest BCUT2D eigenvalue weighted by atomic mass is 10.1. The van der Waals surface area contributed by atoms with E-state index < -0.39 is 0 Å². The minimum atomic E-state index is -0.364. The second-order valence-electron chi connectivity index (χ2n) is 8.30. The molecule has 0 saturated heterocycles. The van der Waals surface area contributed by atoms with E-state index in [1.54, 1.807) is 16.4 Å². The maximum Gasteiger partial charge on any atom is 0.243 e. The number of hydrogen-bond acceptors (Lipinski definition) is 9. The molecule has 4 rings (SSSR count). The van der Waals surface area contributed by atoms with Gasteiger partial charge in [0.1, 0.15) is 17.2 Å². The number of hydroxylamine groups is 1. The van der Waals surface area contributed by atoms with E-state index in [4.69, 9.17) is 25.8 Å². The molecule has 0 aliphatic heterocycles. The molecule has 11 nitrogen and oxygen atoms in total. The van der Waals surface area contributed by atoms with Gasteiger partial charge in [-0.3, -0.25) is 10.0 Å². The number of nitrogens with zero attached hydrogens (tertiary/aromatic N) is 4. The smallest absolute Gasteiger partial charge is 0.243 e. The molecule has 11 heteroatoms.